The summed E-state index contributed by atoms with van der Waals surface area (Å²) in [5.41, 5.74) is 0. The molecule has 0 heterocycles. The summed E-state index contributed by atoms with van der Waals surface area (Å²) < 4.78 is 78.9. The third-order valence-corrected chi connectivity index (χ3v) is 5.28. The molecule has 0 rings (SSSR count). The summed E-state index contributed by atoms with van der Waals surface area (Å²) in [5, 5.41) is 0. The van der Waals surface area contributed by atoms with E-state index in [0.29, 0.717) is 132 Å². The maximum atomic E-state index is 11.2. The van der Waals surface area contributed by atoms with Gasteiger partial charge < -0.3 is 71.1 Å². The second kappa shape index (κ2) is 38.9. The Balaban J connectivity index is 3.10. The molecular weight excluding hydrogens is 656 g/mol. The van der Waals surface area contributed by atoms with E-state index in [1.54, 1.807) is 27.7 Å². The smallest absolute Gasteiger partial charge is 0.432 e. The van der Waals surface area contributed by atoms with Crippen LogP contribution in [0.5, 0.6) is 0 Å². The molecule has 0 aliphatic rings. The van der Waals surface area contributed by atoms with Crippen molar-refractivity contribution in [1.29, 1.82) is 0 Å². The van der Waals surface area contributed by atoms with Crippen molar-refractivity contribution in [2.75, 3.05) is 159 Å². The first-order valence-electron chi connectivity index (χ1n) is 16.9. The van der Waals surface area contributed by atoms with Gasteiger partial charge in [-0.2, -0.15) is 0 Å². The van der Waals surface area contributed by atoms with E-state index in [1.165, 1.54) is 0 Å². The normalized spacial score (nSPS) is 11.4. The summed E-state index contributed by atoms with van der Waals surface area (Å²) in [7, 11) is 0. The molecule has 0 atom stereocenters. The third-order valence-electron chi connectivity index (χ3n) is 5.28. The van der Waals surface area contributed by atoms with Gasteiger partial charge in [-0.15, -0.1) is 0 Å². The van der Waals surface area contributed by atoms with Gasteiger partial charge in [-0.25, -0.2) is 9.59 Å². The van der Waals surface area contributed by atoms with Crippen LogP contribution in [0, 0.1) is 0 Å². The minimum absolute atomic E-state index is 0.138. The zero-order chi connectivity index (χ0) is 35.9. The molecule has 0 radical (unpaired) electrons. The number of hydrogen-bond donors (Lipinski definition) is 0. The van der Waals surface area contributed by atoms with Gasteiger partial charge in [0.1, 0.15) is 13.2 Å². The van der Waals surface area contributed by atoms with E-state index < -0.39 is 12.3 Å². The minimum atomic E-state index is -0.695. The van der Waals surface area contributed by atoms with Crippen molar-refractivity contribution in [3.05, 3.63) is 0 Å². The van der Waals surface area contributed by atoms with Gasteiger partial charge in [0.15, 0.2) is 0 Å². The highest BCUT2D eigenvalue weighted by Gasteiger charge is 2.06. The van der Waals surface area contributed by atoms with Crippen LogP contribution >= 0.6 is 0 Å². The van der Waals surface area contributed by atoms with Crippen LogP contribution in [0.15, 0.2) is 0 Å². The number of ether oxygens (including phenoxy) is 15. The van der Waals surface area contributed by atoms with E-state index >= 15 is 0 Å². The zero-order valence-electron chi connectivity index (χ0n) is 30.1. The minimum Gasteiger partial charge on any atom is -0.432 e. The SMILES string of the molecule is CC(C)OC(=O)OCCOCCOCCOCCOCCOCCOCCOCCOCCOCCOCCOCCOC(=O)OC(C)C. The number of hydrogen-bond acceptors (Lipinski definition) is 17. The van der Waals surface area contributed by atoms with Crippen molar-refractivity contribution in [2.24, 2.45) is 0 Å². The summed E-state index contributed by atoms with van der Waals surface area (Å²) in [4.78, 5) is 22.3. The summed E-state index contributed by atoms with van der Waals surface area (Å²) in [6, 6.07) is 0. The average molecular weight is 719 g/mol. The fraction of sp³-hybridized carbons (Fsp3) is 0.938. The predicted octanol–water partition coefficient (Wildman–Crippen LogP) is 2.29. The van der Waals surface area contributed by atoms with E-state index in [2.05, 4.69) is 0 Å². The fourth-order valence-electron chi connectivity index (χ4n) is 3.12. The Morgan fingerprint density at radius 2 is 0.429 bits per heavy atom. The summed E-state index contributed by atoms with van der Waals surface area (Å²) >= 11 is 0. The van der Waals surface area contributed by atoms with Crippen LogP contribution in [0.2, 0.25) is 0 Å². The van der Waals surface area contributed by atoms with Crippen LogP contribution < -0.4 is 0 Å². The zero-order valence-corrected chi connectivity index (χ0v) is 30.1. The molecule has 0 aliphatic carbocycles. The Hall–Kier alpha value is -1.90. The van der Waals surface area contributed by atoms with Crippen LogP contribution in [-0.2, 0) is 71.1 Å². The van der Waals surface area contributed by atoms with Gasteiger partial charge >= 0.3 is 12.3 Å². The molecule has 292 valence electrons. The summed E-state index contributed by atoms with van der Waals surface area (Å²) in [6.45, 7) is 17.1. The maximum Gasteiger partial charge on any atom is 0.508 e. The second-order valence-corrected chi connectivity index (χ2v) is 10.3. The molecule has 0 aromatic carbocycles. The molecule has 0 amide bonds. The van der Waals surface area contributed by atoms with E-state index in [0.717, 1.165) is 0 Å². The molecule has 0 saturated heterocycles. The van der Waals surface area contributed by atoms with E-state index in [9.17, 15) is 9.59 Å². The Morgan fingerprint density at radius 1 is 0.286 bits per heavy atom. The highest BCUT2D eigenvalue weighted by Crippen LogP contribution is 1.94. The van der Waals surface area contributed by atoms with E-state index in [4.69, 9.17) is 71.1 Å². The highest BCUT2D eigenvalue weighted by atomic mass is 16.7. The van der Waals surface area contributed by atoms with Gasteiger partial charge in [0.05, 0.1) is 158 Å². The first kappa shape index (κ1) is 47.1. The standard InChI is InChI=1S/C32H62O17/c1-29(2)48-31(33)46-27-25-44-23-21-42-19-17-40-15-13-38-11-9-36-7-5-35-6-8-37-10-12-39-14-16-41-18-20-43-22-24-45-26-28-47-32(34)49-30(3)4/h29-30H,5-28H2,1-4H3. The first-order valence-corrected chi connectivity index (χ1v) is 16.9. The van der Waals surface area contributed by atoms with Crippen molar-refractivity contribution >= 4 is 12.3 Å². The van der Waals surface area contributed by atoms with E-state index in [1.807, 2.05) is 0 Å². The van der Waals surface area contributed by atoms with Gasteiger partial charge in [-0.1, -0.05) is 0 Å². The summed E-state index contributed by atoms with van der Waals surface area (Å²) in [6.07, 6.45) is -1.81. The van der Waals surface area contributed by atoms with Gasteiger partial charge in [0.25, 0.3) is 0 Å². The molecular formula is C32H62O17. The lowest BCUT2D eigenvalue weighted by Crippen LogP contribution is -2.17. The van der Waals surface area contributed by atoms with Gasteiger partial charge in [-0.05, 0) is 27.7 Å². The molecule has 0 aromatic rings. The first-order chi connectivity index (χ1) is 23.9. The Morgan fingerprint density at radius 3 is 0.571 bits per heavy atom. The molecule has 49 heavy (non-hydrogen) atoms. The lowest BCUT2D eigenvalue weighted by molar-refractivity contribution is -0.0292. The Labute approximate surface area is 291 Å². The predicted molar refractivity (Wildman–Crippen MR) is 174 cm³/mol. The molecule has 0 bridgehead atoms. The van der Waals surface area contributed by atoms with Crippen molar-refractivity contribution in [1.82, 2.24) is 0 Å². The topological polar surface area (TPSA) is 173 Å². The largest absolute Gasteiger partial charge is 0.508 e. The van der Waals surface area contributed by atoms with Gasteiger partial charge in [0, 0.05) is 0 Å². The van der Waals surface area contributed by atoms with Crippen LogP contribution in [-0.4, -0.2) is 183 Å². The quantitative estimate of drug-likeness (QED) is 0.0672. The average Bonchev–Trinajstić information content (AvgIpc) is 3.05. The molecule has 0 aliphatic heterocycles. The number of carbonyl (C=O) groups is 2. The fourth-order valence-corrected chi connectivity index (χ4v) is 3.12. The van der Waals surface area contributed by atoms with Crippen molar-refractivity contribution in [3.63, 3.8) is 0 Å². The van der Waals surface area contributed by atoms with Gasteiger partial charge in [0.2, 0.25) is 0 Å². The third kappa shape index (κ3) is 42.2. The van der Waals surface area contributed by atoms with Crippen molar-refractivity contribution in [3.8, 4) is 0 Å². The molecule has 0 fully saturated rings. The van der Waals surface area contributed by atoms with Crippen molar-refractivity contribution < 1.29 is 80.6 Å². The molecule has 17 heteroatoms. The molecule has 17 nitrogen and oxygen atoms in total. The molecule has 0 saturated carbocycles. The molecule has 0 N–H and O–H groups in total. The Kier molecular flexibility index (Phi) is 37.4. The van der Waals surface area contributed by atoms with Crippen molar-refractivity contribution in [2.45, 2.75) is 39.9 Å². The molecule has 0 aromatic heterocycles. The van der Waals surface area contributed by atoms with Crippen LogP contribution in [0.25, 0.3) is 0 Å². The molecule has 0 unspecified atom stereocenters. The lowest BCUT2D eigenvalue weighted by atomic mass is 10.5. The second-order valence-electron chi connectivity index (χ2n) is 10.3. The number of carbonyl (C=O) groups excluding carboxylic acids is 2. The van der Waals surface area contributed by atoms with Crippen LogP contribution in [0.4, 0.5) is 9.59 Å². The summed E-state index contributed by atoms with van der Waals surface area (Å²) in [5.74, 6) is 0. The lowest BCUT2D eigenvalue weighted by Gasteiger charge is -2.09. The van der Waals surface area contributed by atoms with Crippen LogP contribution in [0.3, 0.4) is 0 Å². The van der Waals surface area contributed by atoms with Gasteiger partial charge in [-0.3, -0.25) is 0 Å². The van der Waals surface area contributed by atoms with E-state index in [-0.39, 0.29) is 38.6 Å². The Bertz CT molecular complexity index is 643. The molecule has 0 spiro atoms. The highest BCUT2D eigenvalue weighted by molar-refractivity contribution is 5.60. The monoisotopic (exact) mass is 718 g/mol. The van der Waals surface area contributed by atoms with Crippen LogP contribution in [0.1, 0.15) is 27.7 Å². The number of rotatable bonds is 38. The maximum absolute atomic E-state index is 11.2.